The van der Waals surface area contributed by atoms with Crippen LogP contribution in [0.2, 0.25) is 0 Å². The SMILES string of the molecule is COc1cc2coc(Cc3cc(OC)c(OC)c(OC)c3)c2cc1OC. The molecular weight excluding hydrogens is 336 g/mol. The van der Waals surface area contributed by atoms with Crippen LogP contribution in [0.5, 0.6) is 28.7 Å². The molecule has 0 aliphatic rings. The van der Waals surface area contributed by atoms with E-state index in [9.17, 15) is 0 Å². The van der Waals surface area contributed by atoms with E-state index < -0.39 is 0 Å². The molecule has 6 nitrogen and oxygen atoms in total. The predicted molar refractivity (Wildman–Crippen MR) is 98.2 cm³/mol. The van der Waals surface area contributed by atoms with Crippen molar-refractivity contribution in [2.24, 2.45) is 0 Å². The molecule has 1 aromatic heterocycles. The van der Waals surface area contributed by atoms with Crippen LogP contribution in [-0.4, -0.2) is 35.5 Å². The Kier molecular flexibility index (Phi) is 5.11. The lowest BCUT2D eigenvalue weighted by Crippen LogP contribution is -1.97. The molecule has 0 N–H and O–H groups in total. The van der Waals surface area contributed by atoms with Crippen molar-refractivity contribution in [3.05, 3.63) is 41.9 Å². The van der Waals surface area contributed by atoms with Crippen molar-refractivity contribution < 1.29 is 28.1 Å². The van der Waals surface area contributed by atoms with Crippen LogP contribution in [0.4, 0.5) is 0 Å². The Labute approximate surface area is 152 Å². The number of methoxy groups -OCH3 is 5. The average Bonchev–Trinajstić information content (AvgIpc) is 3.07. The summed E-state index contributed by atoms with van der Waals surface area (Å²) in [7, 11) is 8.00. The van der Waals surface area contributed by atoms with E-state index in [1.165, 1.54) is 0 Å². The summed E-state index contributed by atoms with van der Waals surface area (Å²) in [5.41, 5.74) is 0.977. The van der Waals surface area contributed by atoms with Crippen molar-refractivity contribution in [2.45, 2.75) is 6.42 Å². The summed E-state index contributed by atoms with van der Waals surface area (Å²) >= 11 is 0. The molecule has 0 unspecified atom stereocenters. The van der Waals surface area contributed by atoms with Gasteiger partial charge in [0.2, 0.25) is 5.75 Å². The van der Waals surface area contributed by atoms with Gasteiger partial charge in [0.1, 0.15) is 5.76 Å². The van der Waals surface area contributed by atoms with Gasteiger partial charge in [0.15, 0.2) is 23.0 Å². The molecule has 1 heterocycles. The minimum atomic E-state index is 0.564. The van der Waals surface area contributed by atoms with E-state index in [0.717, 1.165) is 22.1 Å². The first-order chi connectivity index (χ1) is 12.6. The smallest absolute Gasteiger partial charge is 0.203 e. The number of fused-ring (bicyclic) bond motifs is 1. The van der Waals surface area contributed by atoms with Gasteiger partial charge >= 0.3 is 0 Å². The maximum Gasteiger partial charge on any atom is 0.203 e. The van der Waals surface area contributed by atoms with E-state index in [2.05, 4.69) is 0 Å². The highest BCUT2D eigenvalue weighted by Gasteiger charge is 2.17. The third-order valence-electron chi connectivity index (χ3n) is 4.27. The number of furan rings is 1. The maximum atomic E-state index is 5.80. The number of rotatable bonds is 7. The third-order valence-corrected chi connectivity index (χ3v) is 4.27. The molecule has 0 amide bonds. The molecule has 26 heavy (non-hydrogen) atoms. The quantitative estimate of drug-likeness (QED) is 0.635. The summed E-state index contributed by atoms with van der Waals surface area (Å²) in [6, 6.07) is 7.65. The summed E-state index contributed by atoms with van der Waals surface area (Å²) in [4.78, 5) is 0. The molecule has 0 saturated heterocycles. The maximum absolute atomic E-state index is 5.80. The van der Waals surface area contributed by atoms with Gasteiger partial charge in [0.05, 0.1) is 41.8 Å². The van der Waals surface area contributed by atoms with Crippen LogP contribution >= 0.6 is 0 Å². The minimum absolute atomic E-state index is 0.564. The second-order valence-corrected chi connectivity index (χ2v) is 5.66. The summed E-state index contributed by atoms with van der Waals surface area (Å²) in [5, 5.41) is 1.92. The number of hydrogen-bond donors (Lipinski definition) is 0. The molecule has 0 bridgehead atoms. The standard InChI is InChI=1S/C20H22O6/c1-21-16-9-13-11-26-15(14(13)10-17(16)22-2)6-12-7-18(23-3)20(25-5)19(8-12)24-4/h7-11H,6H2,1-5H3. The molecule has 6 heteroatoms. The molecule has 3 aromatic rings. The van der Waals surface area contributed by atoms with Crippen LogP contribution in [0, 0.1) is 0 Å². The van der Waals surface area contributed by atoms with Crippen LogP contribution in [0.15, 0.2) is 34.9 Å². The number of benzene rings is 2. The van der Waals surface area contributed by atoms with Crippen LogP contribution in [0.3, 0.4) is 0 Å². The van der Waals surface area contributed by atoms with Crippen LogP contribution in [0.1, 0.15) is 11.3 Å². The van der Waals surface area contributed by atoms with Gasteiger partial charge < -0.3 is 28.1 Å². The second-order valence-electron chi connectivity index (χ2n) is 5.66. The van der Waals surface area contributed by atoms with E-state index in [0.29, 0.717) is 35.2 Å². The Bertz CT molecular complexity index is 887. The fourth-order valence-corrected chi connectivity index (χ4v) is 2.99. The van der Waals surface area contributed by atoms with Gasteiger partial charge in [0, 0.05) is 17.2 Å². The first-order valence-corrected chi connectivity index (χ1v) is 8.06. The largest absolute Gasteiger partial charge is 0.493 e. The van der Waals surface area contributed by atoms with Gasteiger partial charge in [-0.3, -0.25) is 0 Å². The molecule has 2 aromatic carbocycles. The van der Waals surface area contributed by atoms with Gasteiger partial charge in [-0.15, -0.1) is 0 Å². The Morgan fingerprint density at radius 1 is 0.692 bits per heavy atom. The van der Waals surface area contributed by atoms with Crippen molar-refractivity contribution in [3.63, 3.8) is 0 Å². The fourth-order valence-electron chi connectivity index (χ4n) is 2.99. The Morgan fingerprint density at radius 2 is 1.27 bits per heavy atom. The zero-order valence-electron chi connectivity index (χ0n) is 15.5. The Morgan fingerprint density at radius 3 is 1.81 bits per heavy atom. The van der Waals surface area contributed by atoms with Gasteiger partial charge in [-0.25, -0.2) is 0 Å². The first-order valence-electron chi connectivity index (χ1n) is 8.06. The van der Waals surface area contributed by atoms with Gasteiger partial charge in [0.25, 0.3) is 0 Å². The van der Waals surface area contributed by atoms with Gasteiger partial charge in [-0.1, -0.05) is 0 Å². The molecular formula is C20H22O6. The normalized spacial score (nSPS) is 10.7. The zero-order valence-corrected chi connectivity index (χ0v) is 15.5. The molecule has 0 atom stereocenters. The predicted octanol–water partition coefficient (Wildman–Crippen LogP) is 4.07. The van der Waals surface area contributed by atoms with Crippen LogP contribution in [0.25, 0.3) is 10.8 Å². The molecule has 0 fully saturated rings. The van der Waals surface area contributed by atoms with Crippen LogP contribution in [-0.2, 0) is 6.42 Å². The van der Waals surface area contributed by atoms with Crippen LogP contribution < -0.4 is 23.7 Å². The molecule has 0 radical (unpaired) electrons. The topological polar surface area (TPSA) is 59.3 Å². The monoisotopic (exact) mass is 358 g/mol. The van der Waals surface area contributed by atoms with E-state index in [1.807, 2.05) is 24.3 Å². The molecule has 3 rings (SSSR count). The van der Waals surface area contributed by atoms with E-state index in [1.54, 1.807) is 41.8 Å². The van der Waals surface area contributed by atoms with E-state index in [-0.39, 0.29) is 0 Å². The lowest BCUT2D eigenvalue weighted by molar-refractivity contribution is 0.324. The van der Waals surface area contributed by atoms with Gasteiger partial charge in [-0.05, 0) is 29.8 Å². The lowest BCUT2D eigenvalue weighted by Gasteiger charge is -2.14. The minimum Gasteiger partial charge on any atom is -0.493 e. The highest BCUT2D eigenvalue weighted by atomic mass is 16.5. The molecule has 0 aliphatic heterocycles. The highest BCUT2D eigenvalue weighted by molar-refractivity contribution is 5.88. The van der Waals surface area contributed by atoms with Gasteiger partial charge in [-0.2, -0.15) is 0 Å². The van der Waals surface area contributed by atoms with Crippen molar-refractivity contribution in [1.82, 2.24) is 0 Å². The Hall–Kier alpha value is -3.02. The van der Waals surface area contributed by atoms with Crippen molar-refractivity contribution >= 4 is 10.8 Å². The third kappa shape index (κ3) is 3.10. The molecule has 0 spiro atoms. The summed E-state index contributed by atoms with van der Waals surface area (Å²) in [5.74, 6) is 3.92. The van der Waals surface area contributed by atoms with Crippen molar-refractivity contribution in [3.8, 4) is 28.7 Å². The zero-order chi connectivity index (χ0) is 18.7. The molecule has 138 valence electrons. The van der Waals surface area contributed by atoms with Crippen molar-refractivity contribution in [1.29, 1.82) is 0 Å². The average molecular weight is 358 g/mol. The van der Waals surface area contributed by atoms with Crippen molar-refractivity contribution in [2.75, 3.05) is 35.5 Å². The summed E-state index contributed by atoms with van der Waals surface area (Å²) < 4.78 is 32.8. The number of ether oxygens (including phenoxy) is 5. The second kappa shape index (κ2) is 7.47. The fraction of sp³-hybridized carbons (Fsp3) is 0.300. The number of hydrogen-bond acceptors (Lipinski definition) is 6. The Balaban J connectivity index is 2.04. The molecule has 0 saturated carbocycles. The summed E-state index contributed by atoms with van der Waals surface area (Å²) in [6.07, 6.45) is 2.28. The summed E-state index contributed by atoms with van der Waals surface area (Å²) in [6.45, 7) is 0. The highest BCUT2D eigenvalue weighted by Crippen LogP contribution is 2.40. The lowest BCUT2D eigenvalue weighted by atomic mass is 10.1. The van der Waals surface area contributed by atoms with E-state index >= 15 is 0 Å². The van der Waals surface area contributed by atoms with E-state index in [4.69, 9.17) is 28.1 Å². The first kappa shape index (κ1) is 17.8. The molecule has 0 aliphatic carbocycles.